The maximum atomic E-state index is 13.9. The minimum absolute atomic E-state index is 0.0157. The lowest BCUT2D eigenvalue weighted by molar-refractivity contribution is 0.0629. The van der Waals surface area contributed by atoms with Crippen molar-refractivity contribution < 1.29 is 14.3 Å². The molecule has 1 aromatic rings. The van der Waals surface area contributed by atoms with E-state index in [-0.39, 0.29) is 29.5 Å². The van der Waals surface area contributed by atoms with Crippen molar-refractivity contribution >= 4 is 5.91 Å². The Labute approximate surface area is 125 Å². The van der Waals surface area contributed by atoms with E-state index in [2.05, 4.69) is 32.6 Å². The van der Waals surface area contributed by atoms with Gasteiger partial charge in [0.25, 0.3) is 5.91 Å². The van der Waals surface area contributed by atoms with Crippen molar-refractivity contribution in [2.75, 3.05) is 13.7 Å². The quantitative estimate of drug-likeness (QED) is 0.851. The normalized spacial score (nSPS) is 12.3. The van der Waals surface area contributed by atoms with E-state index in [9.17, 15) is 9.18 Å². The molecule has 0 heterocycles. The van der Waals surface area contributed by atoms with Gasteiger partial charge in [-0.25, -0.2) is 4.39 Å². The van der Waals surface area contributed by atoms with Crippen LogP contribution in [-0.4, -0.2) is 35.6 Å². The number of amides is 1. The molecule has 0 aliphatic carbocycles. The van der Waals surface area contributed by atoms with E-state index >= 15 is 0 Å². The Balaban J connectivity index is 3.01. The third-order valence-corrected chi connectivity index (χ3v) is 3.67. The fourth-order valence-corrected chi connectivity index (χ4v) is 1.84. The third-order valence-electron chi connectivity index (χ3n) is 3.67. The zero-order valence-corrected chi connectivity index (χ0v) is 13.2. The molecule has 0 aliphatic heterocycles. The molecule has 1 unspecified atom stereocenters. The Morgan fingerprint density at radius 3 is 2.52 bits per heavy atom. The number of benzene rings is 1. The van der Waals surface area contributed by atoms with Gasteiger partial charge in [-0.3, -0.25) is 4.79 Å². The van der Waals surface area contributed by atoms with Gasteiger partial charge in [0.05, 0.1) is 5.56 Å². The molecule has 3 nitrogen and oxygen atoms in total. The van der Waals surface area contributed by atoms with Crippen LogP contribution in [0.3, 0.4) is 0 Å². The van der Waals surface area contributed by atoms with Crippen LogP contribution in [0.1, 0.15) is 43.6 Å². The Hall–Kier alpha value is -1.86. The second kappa shape index (κ2) is 6.73. The fraction of sp³-hybridized carbons (Fsp3) is 0.471. The second-order valence-corrected chi connectivity index (χ2v) is 6.11. The minimum Gasteiger partial charge on any atom is -0.384 e. The first-order valence-electron chi connectivity index (χ1n) is 6.85. The lowest BCUT2D eigenvalue weighted by atomic mass is 9.87. The molecule has 1 atom stereocenters. The summed E-state index contributed by atoms with van der Waals surface area (Å²) in [6.45, 7) is 7.79. The van der Waals surface area contributed by atoms with Gasteiger partial charge in [0.1, 0.15) is 12.4 Å². The fourth-order valence-electron chi connectivity index (χ4n) is 1.84. The number of carbonyl (C=O) groups is 1. The monoisotopic (exact) mass is 291 g/mol. The molecule has 0 fully saturated rings. The smallest absolute Gasteiger partial charge is 0.253 e. The van der Waals surface area contributed by atoms with Crippen LogP contribution in [0.5, 0.6) is 0 Å². The highest BCUT2D eigenvalue weighted by atomic mass is 19.1. The highest BCUT2D eigenvalue weighted by molar-refractivity contribution is 5.94. The van der Waals surface area contributed by atoms with Gasteiger partial charge in [-0.05, 0) is 30.5 Å². The topological polar surface area (TPSA) is 40.5 Å². The van der Waals surface area contributed by atoms with Crippen LogP contribution in [0.4, 0.5) is 4.39 Å². The van der Waals surface area contributed by atoms with Gasteiger partial charge in [0.2, 0.25) is 0 Å². The van der Waals surface area contributed by atoms with E-state index in [4.69, 9.17) is 5.11 Å². The van der Waals surface area contributed by atoms with Crippen molar-refractivity contribution in [3.8, 4) is 11.8 Å². The van der Waals surface area contributed by atoms with Gasteiger partial charge in [0.15, 0.2) is 0 Å². The molecule has 21 heavy (non-hydrogen) atoms. The summed E-state index contributed by atoms with van der Waals surface area (Å²) in [4.78, 5) is 14.0. The first-order chi connectivity index (χ1) is 9.68. The summed E-state index contributed by atoms with van der Waals surface area (Å²) in [7, 11) is 1.72. The number of hydrogen-bond donors (Lipinski definition) is 1. The molecule has 1 N–H and O–H groups in total. The van der Waals surface area contributed by atoms with Crippen molar-refractivity contribution in [1.29, 1.82) is 0 Å². The summed E-state index contributed by atoms with van der Waals surface area (Å²) in [6, 6.07) is 4.22. The number of nitrogens with zero attached hydrogens (tertiary/aromatic N) is 1. The van der Waals surface area contributed by atoms with Crippen LogP contribution < -0.4 is 0 Å². The van der Waals surface area contributed by atoms with Crippen molar-refractivity contribution in [3.05, 3.63) is 35.1 Å². The molecular weight excluding hydrogens is 269 g/mol. The lowest BCUT2D eigenvalue weighted by Crippen LogP contribution is -2.43. The molecule has 4 heteroatoms. The molecule has 0 radical (unpaired) electrons. The van der Waals surface area contributed by atoms with E-state index in [0.717, 1.165) is 0 Å². The van der Waals surface area contributed by atoms with E-state index in [1.54, 1.807) is 18.0 Å². The number of rotatable bonds is 2. The van der Waals surface area contributed by atoms with Crippen molar-refractivity contribution in [1.82, 2.24) is 4.90 Å². The average Bonchev–Trinajstić information content (AvgIpc) is 2.42. The van der Waals surface area contributed by atoms with E-state index in [1.807, 2.05) is 6.92 Å². The zero-order valence-electron chi connectivity index (χ0n) is 13.2. The van der Waals surface area contributed by atoms with E-state index < -0.39 is 5.82 Å². The van der Waals surface area contributed by atoms with Crippen molar-refractivity contribution in [2.45, 2.75) is 33.7 Å². The summed E-state index contributed by atoms with van der Waals surface area (Å²) < 4.78 is 13.9. The number of carbonyl (C=O) groups excluding carboxylic acids is 1. The molecule has 114 valence electrons. The van der Waals surface area contributed by atoms with Gasteiger partial charge in [-0.2, -0.15) is 0 Å². The average molecular weight is 291 g/mol. The predicted octanol–water partition coefficient (Wildman–Crippen LogP) is 2.68. The van der Waals surface area contributed by atoms with E-state index in [0.29, 0.717) is 5.56 Å². The lowest BCUT2D eigenvalue weighted by Gasteiger charge is -2.35. The van der Waals surface area contributed by atoms with Crippen molar-refractivity contribution in [2.24, 2.45) is 5.41 Å². The molecule has 0 aliphatic rings. The van der Waals surface area contributed by atoms with Crippen molar-refractivity contribution in [3.63, 3.8) is 0 Å². The summed E-state index contributed by atoms with van der Waals surface area (Å²) in [6.07, 6.45) is 0. The number of aliphatic hydroxyl groups is 1. The van der Waals surface area contributed by atoms with Crippen LogP contribution in [0.25, 0.3) is 0 Å². The van der Waals surface area contributed by atoms with Crippen LogP contribution in [0.15, 0.2) is 18.2 Å². The third kappa shape index (κ3) is 4.30. The molecule has 0 saturated heterocycles. The summed E-state index contributed by atoms with van der Waals surface area (Å²) >= 11 is 0. The van der Waals surface area contributed by atoms with Gasteiger partial charge in [-0.1, -0.05) is 32.6 Å². The van der Waals surface area contributed by atoms with Gasteiger partial charge in [0, 0.05) is 18.7 Å². The summed E-state index contributed by atoms with van der Waals surface area (Å²) in [5.41, 5.74) is 0.406. The van der Waals surface area contributed by atoms with Crippen LogP contribution in [0.2, 0.25) is 0 Å². The zero-order chi connectivity index (χ0) is 16.2. The SMILES string of the molecule is CC(N(C)C(=O)c1ccc(C#CCO)c(F)c1)C(C)(C)C. The Kier molecular flexibility index (Phi) is 5.51. The molecule has 0 bridgehead atoms. The highest BCUT2D eigenvalue weighted by Crippen LogP contribution is 2.24. The summed E-state index contributed by atoms with van der Waals surface area (Å²) in [5.74, 6) is 4.11. The number of hydrogen-bond acceptors (Lipinski definition) is 2. The van der Waals surface area contributed by atoms with Crippen LogP contribution in [-0.2, 0) is 0 Å². The largest absolute Gasteiger partial charge is 0.384 e. The Bertz CT molecular complexity index is 579. The molecule has 1 amide bonds. The molecule has 1 rings (SSSR count). The molecule has 0 aromatic heterocycles. The summed E-state index contributed by atoms with van der Waals surface area (Å²) in [5, 5.41) is 8.61. The Morgan fingerprint density at radius 1 is 1.43 bits per heavy atom. The minimum atomic E-state index is -0.557. The maximum absolute atomic E-state index is 13.9. The molecular formula is C17H22FNO2. The first kappa shape index (κ1) is 17.2. The van der Waals surface area contributed by atoms with E-state index in [1.165, 1.54) is 12.1 Å². The standard InChI is InChI=1S/C17H22FNO2/c1-12(17(2,3)4)19(5)16(21)14-9-8-13(7-6-10-20)15(18)11-14/h8-9,11-12,20H,10H2,1-5H3. The second-order valence-electron chi connectivity index (χ2n) is 6.11. The first-order valence-corrected chi connectivity index (χ1v) is 6.85. The molecule has 0 saturated carbocycles. The van der Waals surface area contributed by atoms with Crippen LogP contribution >= 0.6 is 0 Å². The maximum Gasteiger partial charge on any atom is 0.253 e. The van der Waals surface area contributed by atoms with Gasteiger partial charge in [-0.15, -0.1) is 0 Å². The number of halogens is 1. The molecule has 1 aromatic carbocycles. The Morgan fingerprint density at radius 2 is 2.05 bits per heavy atom. The number of aliphatic hydroxyl groups excluding tert-OH is 1. The van der Waals surface area contributed by atoms with Gasteiger partial charge < -0.3 is 10.0 Å². The van der Waals surface area contributed by atoms with Crippen LogP contribution in [0, 0.1) is 23.1 Å². The van der Waals surface area contributed by atoms with Gasteiger partial charge >= 0.3 is 0 Å². The predicted molar refractivity (Wildman–Crippen MR) is 81.4 cm³/mol. The highest BCUT2D eigenvalue weighted by Gasteiger charge is 2.27. The molecule has 0 spiro atoms.